The number of nitrogens with zero attached hydrogens (tertiary/aromatic N) is 2. The third-order valence-electron chi connectivity index (χ3n) is 3.37. The molecule has 4 rings (SSSR count). The monoisotopic (exact) mass is 359 g/mol. The number of rotatable bonds is 3. The van der Waals surface area contributed by atoms with Crippen LogP contribution >= 0.6 is 22.9 Å². The van der Waals surface area contributed by atoms with E-state index < -0.39 is 0 Å². The first-order valence-corrected chi connectivity index (χ1v) is 8.23. The second-order valence-corrected chi connectivity index (χ2v) is 6.19. The van der Waals surface area contributed by atoms with Crippen LogP contribution in [0, 0.1) is 0 Å². The molecule has 1 N–H and O–H groups in total. The van der Waals surface area contributed by atoms with E-state index in [9.17, 15) is 4.79 Å². The maximum atomic E-state index is 12.4. The van der Waals surface area contributed by atoms with Gasteiger partial charge in [0.15, 0.2) is 16.6 Å². The molecule has 0 spiro atoms. The van der Waals surface area contributed by atoms with Gasteiger partial charge in [0, 0.05) is 28.9 Å². The summed E-state index contributed by atoms with van der Waals surface area (Å²) in [5.74, 6) is 0.603. The third kappa shape index (κ3) is 2.79. The predicted molar refractivity (Wildman–Crippen MR) is 90.9 cm³/mol. The standard InChI is InChI=1S/C16H10ClN3O3S/c17-11-4-10(5-13-14(11)23-8-22-13)15(21)20-16-19-12(7-24-16)9-2-1-3-18-6-9/h1-7H,8H2,(H,19,20,21). The second-order valence-electron chi connectivity index (χ2n) is 4.93. The fourth-order valence-electron chi connectivity index (χ4n) is 2.25. The van der Waals surface area contributed by atoms with Gasteiger partial charge in [-0.05, 0) is 24.3 Å². The number of carbonyl (C=O) groups excluding carboxylic acids is 1. The van der Waals surface area contributed by atoms with Crippen LogP contribution in [0.3, 0.4) is 0 Å². The number of ether oxygens (including phenoxy) is 2. The van der Waals surface area contributed by atoms with Gasteiger partial charge in [0.25, 0.3) is 5.91 Å². The summed E-state index contributed by atoms with van der Waals surface area (Å²) >= 11 is 7.44. The van der Waals surface area contributed by atoms with E-state index in [-0.39, 0.29) is 12.7 Å². The number of anilines is 1. The highest BCUT2D eigenvalue weighted by molar-refractivity contribution is 7.14. The summed E-state index contributed by atoms with van der Waals surface area (Å²) in [4.78, 5) is 20.9. The lowest BCUT2D eigenvalue weighted by Gasteiger charge is -2.05. The Morgan fingerprint density at radius 1 is 1.33 bits per heavy atom. The summed E-state index contributed by atoms with van der Waals surface area (Å²) in [6, 6.07) is 6.88. The van der Waals surface area contributed by atoms with E-state index in [0.717, 1.165) is 11.3 Å². The van der Waals surface area contributed by atoms with E-state index in [0.29, 0.717) is 27.2 Å². The number of aromatic nitrogens is 2. The highest BCUT2D eigenvalue weighted by Gasteiger charge is 2.21. The van der Waals surface area contributed by atoms with Crippen molar-refractivity contribution in [3.63, 3.8) is 0 Å². The van der Waals surface area contributed by atoms with E-state index in [1.807, 2.05) is 17.5 Å². The summed E-state index contributed by atoms with van der Waals surface area (Å²) in [5.41, 5.74) is 2.02. The van der Waals surface area contributed by atoms with E-state index in [4.69, 9.17) is 21.1 Å². The molecule has 0 saturated carbocycles. The Hall–Kier alpha value is -2.64. The van der Waals surface area contributed by atoms with E-state index in [1.165, 1.54) is 11.3 Å². The normalized spacial score (nSPS) is 12.2. The first kappa shape index (κ1) is 14.9. The summed E-state index contributed by atoms with van der Waals surface area (Å²) in [6.07, 6.45) is 3.42. The molecule has 0 aliphatic carbocycles. The van der Waals surface area contributed by atoms with E-state index in [2.05, 4.69) is 15.3 Å². The average molecular weight is 360 g/mol. The topological polar surface area (TPSA) is 73.3 Å². The quantitative estimate of drug-likeness (QED) is 0.769. The third-order valence-corrected chi connectivity index (χ3v) is 4.41. The van der Waals surface area contributed by atoms with Crippen molar-refractivity contribution in [3.8, 4) is 22.8 Å². The predicted octanol–water partition coefficient (Wildman–Crippen LogP) is 3.84. The van der Waals surface area contributed by atoms with Gasteiger partial charge < -0.3 is 9.47 Å². The van der Waals surface area contributed by atoms with Crippen molar-refractivity contribution in [1.29, 1.82) is 0 Å². The molecule has 0 saturated heterocycles. The zero-order valence-corrected chi connectivity index (χ0v) is 13.7. The fourth-order valence-corrected chi connectivity index (χ4v) is 3.23. The van der Waals surface area contributed by atoms with Crippen molar-refractivity contribution >= 4 is 34.0 Å². The number of hydrogen-bond acceptors (Lipinski definition) is 6. The van der Waals surface area contributed by atoms with E-state index in [1.54, 1.807) is 24.5 Å². The minimum absolute atomic E-state index is 0.0983. The molecule has 1 aliphatic heterocycles. The summed E-state index contributed by atoms with van der Waals surface area (Å²) in [7, 11) is 0. The Kier molecular flexibility index (Phi) is 3.79. The number of hydrogen-bond donors (Lipinski definition) is 1. The van der Waals surface area contributed by atoms with Crippen molar-refractivity contribution in [2.24, 2.45) is 0 Å². The number of halogens is 1. The molecule has 0 atom stereocenters. The minimum atomic E-state index is -0.317. The molecule has 24 heavy (non-hydrogen) atoms. The van der Waals surface area contributed by atoms with Crippen LogP contribution in [0.1, 0.15) is 10.4 Å². The lowest BCUT2D eigenvalue weighted by Crippen LogP contribution is -2.11. The summed E-state index contributed by atoms with van der Waals surface area (Å²) in [5, 5.41) is 5.45. The van der Waals surface area contributed by atoms with Crippen LogP contribution in [0.4, 0.5) is 5.13 Å². The highest BCUT2D eigenvalue weighted by atomic mass is 35.5. The molecule has 6 nitrogen and oxygen atoms in total. The summed E-state index contributed by atoms with van der Waals surface area (Å²) < 4.78 is 10.5. The molecule has 1 amide bonds. The molecule has 3 heterocycles. The van der Waals surface area contributed by atoms with Gasteiger partial charge in [0.05, 0.1) is 10.7 Å². The zero-order chi connectivity index (χ0) is 16.5. The number of benzene rings is 1. The molecule has 0 fully saturated rings. The Bertz CT molecular complexity index is 914. The molecule has 1 aliphatic rings. The number of carbonyl (C=O) groups is 1. The zero-order valence-electron chi connectivity index (χ0n) is 12.2. The maximum absolute atomic E-state index is 12.4. The van der Waals surface area contributed by atoms with Crippen LogP contribution in [0.15, 0.2) is 42.0 Å². The Morgan fingerprint density at radius 2 is 2.25 bits per heavy atom. The Labute approximate surface area is 146 Å². The highest BCUT2D eigenvalue weighted by Crippen LogP contribution is 2.40. The van der Waals surface area contributed by atoms with E-state index >= 15 is 0 Å². The SMILES string of the molecule is O=C(Nc1nc(-c2cccnc2)cs1)c1cc(Cl)c2c(c1)OCO2. The first-order valence-electron chi connectivity index (χ1n) is 6.97. The molecule has 8 heteroatoms. The molecule has 120 valence electrons. The largest absolute Gasteiger partial charge is 0.454 e. The van der Waals surface area contributed by atoms with Gasteiger partial charge in [-0.3, -0.25) is 15.1 Å². The Balaban J connectivity index is 1.55. The molecule has 0 unspecified atom stereocenters. The molecule has 2 aromatic heterocycles. The van der Waals surface area contributed by atoms with Crippen molar-refractivity contribution in [2.45, 2.75) is 0 Å². The van der Waals surface area contributed by atoms with Crippen LogP contribution in [-0.2, 0) is 0 Å². The van der Waals surface area contributed by atoms with Crippen LogP contribution in [-0.4, -0.2) is 22.7 Å². The summed E-state index contributed by atoms with van der Waals surface area (Å²) in [6.45, 7) is 0.0983. The van der Waals surface area contributed by atoms with Crippen LogP contribution < -0.4 is 14.8 Å². The van der Waals surface area contributed by atoms with Gasteiger partial charge in [-0.15, -0.1) is 11.3 Å². The maximum Gasteiger partial charge on any atom is 0.257 e. The van der Waals surface area contributed by atoms with Crippen LogP contribution in [0.5, 0.6) is 11.5 Å². The number of amides is 1. The average Bonchev–Trinajstić information content (AvgIpc) is 3.25. The van der Waals surface area contributed by atoms with Gasteiger partial charge in [-0.1, -0.05) is 11.6 Å². The molecule has 0 radical (unpaired) electrons. The molecule has 3 aromatic rings. The number of thiazole rings is 1. The van der Waals surface area contributed by atoms with Crippen molar-refractivity contribution in [3.05, 3.63) is 52.6 Å². The van der Waals surface area contributed by atoms with Gasteiger partial charge in [0.2, 0.25) is 6.79 Å². The number of nitrogens with one attached hydrogen (secondary N) is 1. The molecular weight excluding hydrogens is 350 g/mol. The van der Waals surface area contributed by atoms with Gasteiger partial charge >= 0.3 is 0 Å². The molecule has 1 aromatic carbocycles. The fraction of sp³-hybridized carbons (Fsp3) is 0.0625. The van der Waals surface area contributed by atoms with Crippen LogP contribution in [0.25, 0.3) is 11.3 Å². The number of fused-ring (bicyclic) bond motifs is 1. The van der Waals surface area contributed by atoms with Crippen molar-refractivity contribution in [2.75, 3.05) is 12.1 Å². The van der Waals surface area contributed by atoms with Crippen LogP contribution in [0.2, 0.25) is 5.02 Å². The molecular formula is C16H10ClN3O3S. The van der Waals surface area contributed by atoms with Crippen molar-refractivity contribution in [1.82, 2.24) is 9.97 Å². The van der Waals surface area contributed by atoms with Gasteiger partial charge in [0.1, 0.15) is 0 Å². The Morgan fingerprint density at radius 3 is 3.08 bits per heavy atom. The molecule has 0 bridgehead atoms. The van der Waals surface area contributed by atoms with Gasteiger partial charge in [-0.25, -0.2) is 4.98 Å². The van der Waals surface area contributed by atoms with Gasteiger partial charge in [-0.2, -0.15) is 0 Å². The number of pyridine rings is 1. The lowest BCUT2D eigenvalue weighted by molar-refractivity contribution is 0.102. The van der Waals surface area contributed by atoms with Crippen molar-refractivity contribution < 1.29 is 14.3 Å². The minimum Gasteiger partial charge on any atom is -0.454 e. The second kappa shape index (κ2) is 6.10. The lowest BCUT2D eigenvalue weighted by atomic mass is 10.2. The first-order chi connectivity index (χ1) is 11.7. The smallest absolute Gasteiger partial charge is 0.257 e.